The summed E-state index contributed by atoms with van der Waals surface area (Å²) in [5, 5.41) is 0. The Morgan fingerprint density at radius 1 is 1.03 bits per heavy atom. The Kier molecular flexibility index (Phi) is 7.54. The van der Waals surface area contributed by atoms with Gasteiger partial charge in [0.1, 0.15) is 6.04 Å². The SMILES string of the molecule is O=C1CC(N(CCN2CCOCC2)C(=O)Cc2ccccc2)C(=O)N1c1ccc(I)cc1. The quantitative estimate of drug-likeness (QED) is 0.394. The zero-order valence-corrected chi connectivity index (χ0v) is 19.9. The van der Waals surface area contributed by atoms with E-state index in [0.717, 1.165) is 22.2 Å². The molecule has 2 fully saturated rings. The number of halogens is 1. The molecular formula is C24H26IN3O4. The van der Waals surface area contributed by atoms with Gasteiger partial charge < -0.3 is 9.64 Å². The number of morpholine rings is 1. The highest BCUT2D eigenvalue weighted by Gasteiger charge is 2.44. The predicted octanol–water partition coefficient (Wildman–Crippen LogP) is 2.33. The van der Waals surface area contributed by atoms with Crippen molar-refractivity contribution in [3.8, 4) is 0 Å². The first-order chi connectivity index (χ1) is 15.5. The van der Waals surface area contributed by atoms with Crippen LogP contribution in [0.15, 0.2) is 54.6 Å². The maximum Gasteiger partial charge on any atom is 0.257 e. The summed E-state index contributed by atoms with van der Waals surface area (Å²) in [6, 6.07) is 16.0. The summed E-state index contributed by atoms with van der Waals surface area (Å²) in [6.07, 6.45) is 0.208. The molecule has 168 valence electrons. The predicted molar refractivity (Wildman–Crippen MR) is 129 cm³/mol. The fraction of sp³-hybridized carbons (Fsp3) is 0.375. The van der Waals surface area contributed by atoms with Crippen LogP contribution >= 0.6 is 22.6 Å². The largest absolute Gasteiger partial charge is 0.379 e. The zero-order valence-electron chi connectivity index (χ0n) is 17.8. The number of benzene rings is 2. The number of rotatable bonds is 7. The van der Waals surface area contributed by atoms with Crippen molar-refractivity contribution in [2.45, 2.75) is 18.9 Å². The van der Waals surface area contributed by atoms with Crippen LogP contribution < -0.4 is 4.90 Å². The number of carbonyl (C=O) groups is 3. The average Bonchev–Trinajstić information content (AvgIpc) is 3.09. The normalized spacial score (nSPS) is 19.4. The molecule has 7 nitrogen and oxygen atoms in total. The van der Waals surface area contributed by atoms with Crippen molar-refractivity contribution in [3.05, 3.63) is 63.7 Å². The van der Waals surface area contributed by atoms with E-state index in [4.69, 9.17) is 4.74 Å². The molecule has 2 aromatic rings. The van der Waals surface area contributed by atoms with Gasteiger partial charge in [-0.25, -0.2) is 4.90 Å². The number of imide groups is 1. The maximum absolute atomic E-state index is 13.3. The standard InChI is InChI=1S/C24H26IN3O4/c25-19-6-8-20(9-7-19)28-23(30)17-21(24(28)31)27(11-10-26-12-14-32-15-13-26)22(29)16-18-4-2-1-3-5-18/h1-9,21H,10-17H2. The molecule has 0 radical (unpaired) electrons. The van der Waals surface area contributed by atoms with Crippen LogP contribution in [0.4, 0.5) is 5.69 Å². The molecule has 0 aliphatic carbocycles. The lowest BCUT2D eigenvalue weighted by molar-refractivity contribution is -0.138. The molecule has 3 amide bonds. The lowest BCUT2D eigenvalue weighted by Crippen LogP contribution is -2.50. The number of hydrogen-bond acceptors (Lipinski definition) is 5. The van der Waals surface area contributed by atoms with E-state index in [-0.39, 0.29) is 30.6 Å². The number of amides is 3. The van der Waals surface area contributed by atoms with E-state index in [1.165, 1.54) is 4.90 Å². The van der Waals surface area contributed by atoms with Crippen LogP contribution in [0.2, 0.25) is 0 Å². The first kappa shape index (κ1) is 22.9. The van der Waals surface area contributed by atoms with Crippen LogP contribution in [-0.2, 0) is 25.5 Å². The minimum Gasteiger partial charge on any atom is -0.379 e. The third-order valence-corrected chi connectivity index (χ3v) is 6.58. The van der Waals surface area contributed by atoms with Crippen LogP contribution in [0, 0.1) is 3.57 Å². The molecule has 2 aliphatic heterocycles. The van der Waals surface area contributed by atoms with Gasteiger partial charge in [-0.05, 0) is 52.4 Å². The van der Waals surface area contributed by atoms with Gasteiger partial charge in [-0.1, -0.05) is 30.3 Å². The van der Waals surface area contributed by atoms with E-state index in [2.05, 4.69) is 27.5 Å². The molecule has 0 N–H and O–H groups in total. The first-order valence-corrected chi connectivity index (χ1v) is 11.9. The Bertz CT molecular complexity index is 961. The summed E-state index contributed by atoms with van der Waals surface area (Å²) in [5.74, 6) is -0.746. The Hall–Kier alpha value is -2.30. The van der Waals surface area contributed by atoms with Gasteiger partial charge in [-0.2, -0.15) is 0 Å². The van der Waals surface area contributed by atoms with Gasteiger partial charge in [-0.3, -0.25) is 19.3 Å². The van der Waals surface area contributed by atoms with E-state index >= 15 is 0 Å². The molecular weight excluding hydrogens is 521 g/mol. The van der Waals surface area contributed by atoms with Crippen molar-refractivity contribution < 1.29 is 19.1 Å². The molecule has 0 aromatic heterocycles. The van der Waals surface area contributed by atoms with Crippen LogP contribution in [0.3, 0.4) is 0 Å². The Balaban J connectivity index is 1.53. The van der Waals surface area contributed by atoms with Crippen LogP contribution in [0.1, 0.15) is 12.0 Å². The van der Waals surface area contributed by atoms with Gasteiger partial charge >= 0.3 is 0 Å². The highest BCUT2D eigenvalue weighted by Crippen LogP contribution is 2.27. The van der Waals surface area contributed by atoms with Gasteiger partial charge in [0.15, 0.2) is 0 Å². The monoisotopic (exact) mass is 547 g/mol. The summed E-state index contributed by atoms with van der Waals surface area (Å²) in [5.41, 5.74) is 1.44. The Labute approximate surface area is 201 Å². The number of hydrogen-bond donors (Lipinski definition) is 0. The summed E-state index contributed by atoms with van der Waals surface area (Å²) in [7, 11) is 0. The highest BCUT2D eigenvalue weighted by atomic mass is 127. The third kappa shape index (κ3) is 5.36. The van der Waals surface area contributed by atoms with Gasteiger partial charge in [0, 0.05) is 29.7 Å². The molecule has 2 aromatic carbocycles. The minimum atomic E-state index is -0.779. The molecule has 2 heterocycles. The lowest BCUT2D eigenvalue weighted by Gasteiger charge is -2.32. The number of anilines is 1. The maximum atomic E-state index is 13.3. The second-order valence-corrected chi connectivity index (χ2v) is 9.21. The van der Waals surface area contributed by atoms with E-state index in [1.807, 2.05) is 42.5 Å². The molecule has 2 saturated heterocycles. The molecule has 8 heteroatoms. The van der Waals surface area contributed by atoms with Crippen LogP contribution in [0.5, 0.6) is 0 Å². The van der Waals surface area contributed by atoms with Crippen molar-refractivity contribution in [3.63, 3.8) is 0 Å². The summed E-state index contributed by atoms with van der Waals surface area (Å²) in [6.45, 7) is 3.97. The Morgan fingerprint density at radius 2 is 1.72 bits per heavy atom. The fourth-order valence-corrected chi connectivity index (χ4v) is 4.48. The van der Waals surface area contributed by atoms with Crippen LogP contribution in [-0.4, -0.2) is 73.0 Å². The van der Waals surface area contributed by atoms with E-state index < -0.39 is 6.04 Å². The molecule has 2 aliphatic rings. The molecule has 32 heavy (non-hydrogen) atoms. The zero-order chi connectivity index (χ0) is 22.5. The molecule has 0 bridgehead atoms. The molecule has 4 rings (SSSR count). The summed E-state index contributed by atoms with van der Waals surface area (Å²) >= 11 is 2.18. The first-order valence-electron chi connectivity index (χ1n) is 10.8. The second-order valence-electron chi connectivity index (χ2n) is 7.97. The summed E-state index contributed by atoms with van der Waals surface area (Å²) < 4.78 is 6.43. The van der Waals surface area contributed by atoms with Crippen molar-refractivity contribution in [2.24, 2.45) is 0 Å². The van der Waals surface area contributed by atoms with Gasteiger partial charge in [-0.15, -0.1) is 0 Å². The lowest BCUT2D eigenvalue weighted by atomic mass is 10.1. The minimum absolute atomic E-state index is 0.00839. The molecule has 0 spiro atoms. The third-order valence-electron chi connectivity index (χ3n) is 5.86. The van der Waals surface area contributed by atoms with Crippen molar-refractivity contribution in [1.29, 1.82) is 0 Å². The summed E-state index contributed by atoms with van der Waals surface area (Å²) in [4.78, 5) is 44.5. The number of carbonyl (C=O) groups excluding carboxylic acids is 3. The highest BCUT2D eigenvalue weighted by molar-refractivity contribution is 14.1. The topological polar surface area (TPSA) is 70.2 Å². The van der Waals surface area contributed by atoms with Gasteiger partial charge in [0.2, 0.25) is 11.8 Å². The number of nitrogens with zero attached hydrogens (tertiary/aromatic N) is 3. The smallest absolute Gasteiger partial charge is 0.257 e. The van der Waals surface area contributed by atoms with E-state index in [0.29, 0.717) is 32.0 Å². The van der Waals surface area contributed by atoms with Crippen LogP contribution in [0.25, 0.3) is 0 Å². The fourth-order valence-electron chi connectivity index (χ4n) is 4.12. The van der Waals surface area contributed by atoms with Gasteiger partial charge in [0.25, 0.3) is 5.91 Å². The average molecular weight is 547 g/mol. The second kappa shape index (κ2) is 10.5. The van der Waals surface area contributed by atoms with E-state index in [9.17, 15) is 14.4 Å². The molecule has 0 saturated carbocycles. The van der Waals surface area contributed by atoms with E-state index in [1.54, 1.807) is 17.0 Å². The molecule has 1 unspecified atom stereocenters. The van der Waals surface area contributed by atoms with Crippen molar-refractivity contribution in [1.82, 2.24) is 9.80 Å². The van der Waals surface area contributed by atoms with Crippen molar-refractivity contribution in [2.75, 3.05) is 44.3 Å². The van der Waals surface area contributed by atoms with Crippen molar-refractivity contribution >= 4 is 46.0 Å². The Morgan fingerprint density at radius 3 is 2.41 bits per heavy atom. The van der Waals surface area contributed by atoms with Gasteiger partial charge in [0.05, 0.1) is 31.7 Å². The molecule has 1 atom stereocenters. The number of ether oxygens (including phenoxy) is 1.